The van der Waals surface area contributed by atoms with Crippen LogP contribution >= 0.6 is 0 Å². The number of hydrogen-bond acceptors (Lipinski definition) is 3. The second-order valence-electron chi connectivity index (χ2n) is 2.11. The smallest absolute Gasteiger partial charge is 0.420 e. The molecule has 0 atom stereocenters. The fourth-order valence-corrected chi connectivity index (χ4v) is 0.926. The molecular weight excluding hydrogens is 144 g/mol. The van der Waals surface area contributed by atoms with Crippen LogP contribution < -0.4 is 0 Å². The Hall–Kier alpha value is -1.78. The van der Waals surface area contributed by atoms with Crippen LogP contribution in [0.3, 0.4) is 0 Å². The van der Waals surface area contributed by atoms with E-state index >= 15 is 0 Å². The average Bonchev–Trinajstić information content (AvgIpc) is 2.30. The molecule has 5 nitrogen and oxygen atoms in total. The lowest BCUT2D eigenvalue weighted by molar-refractivity contribution is -0.584. The molecule has 0 N–H and O–H groups in total. The second-order valence-corrected chi connectivity index (χ2v) is 2.11. The molecule has 0 amide bonds. The summed E-state index contributed by atoms with van der Waals surface area (Å²) < 4.78 is 1.25. The first kappa shape index (κ1) is 5.96. The van der Waals surface area contributed by atoms with Gasteiger partial charge in [0, 0.05) is 21.8 Å². The highest BCUT2D eigenvalue weighted by Crippen LogP contribution is 2.28. The summed E-state index contributed by atoms with van der Waals surface area (Å²) in [5, 5.41) is 14.4. The zero-order valence-electron chi connectivity index (χ0n) is 5.64. The van der Waals surface area contributed by atoms with Crippen molar-refractivity contribution in [3.8, 4) is 0 Å². The lowest BCUT2D eigenvalue weighted by Gasteiger charge is -1.84. The van der Waals surface area contributed by atoms with Crippen LogP contribution in [-0.2, 0) is 0 Å². The molecule has 0 spiro atoms. The van der Waals surface area contributed by atoms with Gasteiger partial charge in [0.05, 0.1) is 0 Å². The third-order valence-electron chi connectivity index (χ3n) is 1.41. The van der Waals surface area contributed by atoms with E-state index in [1.165, 1.54) is 4.68 Å². The number of hydrogen-bond donors (Lipinski definition) is 0. The van der Waals surface area contributed by atoms with Gasteiger partial charge in [0.1, 0.15) is 0 Å². The van der Waals surface area contributed by atoms with Gasteiger partial charge < -0.3 is 5.21 Å². The maximum absolute atomic E-state index is 10.9. The van der Waals surface area contributed by atoms with Crippen LogP contribution in [0.15, 0.2) is 23.6 Å². The van der Waals surface area contributed by atoms with Gasteiger partial charge in [0.15, 0.2) is 6.72 Å². The van der Waals surface area contributed by atoms with E-state index in [0.29, 0.717) is 16.4 Å². The second kappa shape index (κ2) is 1.85. The fraction of sp³-hybridized carbons (Fsp3) is 0. The standard InChI is InChI=1S/C6H5N4O/c1-9-5-3-2-4-7-6(5)10(11)8-9/h2-4H,1H2/q+1. The van der Waals surface area contributed by atoms with Crippen LogP contribution in [0.2, 0.25) is 0 Å². The van der Waals surface area contributed by atoms with E-state index in [2.05, 4.69) is 16.9 Å². The lowest BCUT2D eigenvalue weighted by Crippen LogP contribution is -1.86. The van der Waals surface area contributed by atoms with Crippen LogP contribution in [-0.4, -0.2) is 21.2 Å². The largest absolute Gasteiger partial charge is 0.588 e. The minimum atomic E-state index is 0.294. The molecule has 0 fully saturated rings. The van der Waals surface area contributed by atoms with Crippen molar-refractivity contribution >= 4 is 18.2 Å². The van der Waals surface area contributed by atoms with E-state index in [4.69, 9.17) is 0 Å². The maximum Gasteiger partial charge on any atom is 0.420 e. The van der Waals surface area contributed by atoms with Gasteiger partial charge in [-0.15, -0.1) is 0 Å². The Balaban J connectivity index is 2.71. The summed E-state index contributed by atoms with van der Waals surface area (Å²) >= 11 is 0. The van der Waals surface area contributed by atoms with Crippen LogP contribution in [0.4, 0.5) is 11.5 Å². The van der Waals surface area contributed by atoms with Crippen molar-refractivity contribution in [2.45, 2.75) is 0 Å². The Morgan fingerprint density at radius 3 is 3.09 bits per heavy atom. The third-order valence-corrected chi connectivity index (χ3v) is 1.41. The van der Waals surface area contributed by atoms with Crippen LogP contribution in [0.5, 0.6) is 0 Å². The molecule has 0 aliphatic carbocycles. The minimum absolute atomic E-state index is 0.294. The highest BCUT2D eigenvalue weighted by Gasteiger charge is 2.32. The van der Waals surface area contributed by atoms with E-state index < -0.39 is 0 Å². The summed E-state index contributed by atoms with van der Waals surface area (Å²) in [6, 6.07) is 3.46. The first-order valence-corrected chi connectivity index (χ1v) is 3.03. The van der Waals surface area contributed by atoms with Crippen molar-refractivity contribution < 1.29 is 9.55 Å². The van der Waals surface area contributed by atoms with Crippen molar-refractivity contribution in [2.24, 2.45) is 5.22 Å². The van der Waals surface area contributed by atoms with Gasteiger partial charge in [-0.25, -0.2) is 0 Å². The zero-order valence-corrected chi connectivity index (χ0v) is 5.64. The van der Waals surface area contributed by atoms with Crippen molar-refractivity contribution in [3.05, 3.63) is 23.5 Å². The summed E-state index contributed by atoms with van der Waals surface area (Å²) in [5.74, 6) is 0.294. The fourth-order valence-electron chi connectivity index (χ4n) is 0.926. The van der Waals surface area contributed by atoms with Gasteiger partial charge in [0.25, 0.3) is 5.22 Å². The molecule has 1 aliphatic rings. The highest BCUT2D eigenvalue weighted by atomic mass is 16.5. The highest BCUT2D eigenvalue weighted by molar-refractivity contribution is 5.47. The van der Waals surface area contributed by atoms with Crippen molar-refractivity contribution in [1.82, 2.24) is 4.98 Å². The first-order chi connectivity index (χ1) is 5.29. The Bertz CT molecular complexity index is 357. The third kappa shape index (κ3) is 0.706. The van der Waals surface area contributed by atoms with Gasteiger partial charge >= 0.3 is 11.5 Å². The van der Waals surface area contributed by atoms with E-state index in [1.807, 2.05) is 0 Å². The Morgan fingerprint density at radius 1 is 1.55 bits per heavy atom. The normalized spacial score (nSPS) is 14.5. The van der Waals surface area contributed by atoms with E-state index in [0.717, 1.165) is 0 Å². The summed E-state index contributed by atoms with van der Waals surface area (Å²) in [5.41, 5.74) is 0.627. The van der Waals surface area contributed by atoms with E-state index in [1.54, 1.807) is 18.3 Å². The lowest BCUT2D eigenvalue weighted by atomic mass is 10.4. The Morgan fingerprint density at radius 2 is 2.36 bits per heavy atom. The number of pyridine rings is 1. The topological polar surface area (TPSA) is 54.3 Å². The molecular formula is C6H5N4O+. The molecule has 1 aliphatic heterocycles. The van der Waals surface area contributed by atoms with Gasteiger partial charge in [0.2, 0.25) is 0 Å². The molecule has 0 bridgehead atoms. The van der Waals surface area contributed by atoms with Crippen molar-refractivity contribution in [3.63, 3.8) is 0 Å². The molecule has 0 saturated heterocycles. The number of aromatic nitrogens is 1. The SMILES string of the molecule is C=[N+]1N=[N+]([O-])c2ncccc21. The summed E-state index contributed by atoms with van der Waals surface area (Å²) in [4.78, 5) is 4.28. The predicted octanol–water partition coefficient (Wildman–Crippen LogP) is 0.949. The predicted molar refractivity (Wildman–Crippen MR) is 37.0 cm³/mol. The molecule has 0 saturated carbocycles. The molecule has 11 heavy (non-hydrogen) atoms. The van der Waals surface area contributed by atoms with Gasteiger partial charge in [-0.1, -0.05) is 0 Å². The molecule has 2 heterocycles. The van der Waals surface area contributed by atoms with Crippen LogP contribution in [0.1, 0.15) is 0 Å². The molecule has 2 rings (SSSR count). The monoisotopic (exact) mass is 149 g/mol. The van der Waals surface area contributed by atoms with E-state index in [9.17, 15) is 5.21 Å². The summed E-state index contributed by atoms with van der Waals surface area (Å²) in [7, 11) is 0. The quantitative estimate of drug-likeness (QED) is 0.407. The molecule has 1 aromatic heterocycles. The van der Waals surface area contributed by atoms with Gasteiger partial charge in [-0.3, -0.25) is 0 Å². The maximum atomic E-state index is 10.9. The summed E-state index contributed by atoms with van der Waals surface area (Å²) in [6.07, 6.45) is 1.54. The minimum Gasteiger partial charge on any atom is -0.588 e. The zero-order chi connectivity index (χ0) is 7.84. The molecule has 54 valence electrons. The first-order valence-electron chi connectivity index (χ1n) is 3.03. The summed E-state index contributed by atoms with van der Waals surface area (Å²) in [6.45, 7) is 3.51. The molecule has 5 heteroatoms. The Labute approximate surface area is 62.5 Å². The number of nitrogens with zero attached hydrogens (tertiary/aromatic N) is 4. The Kier molecular flexibility index (Phi) is 1.00. The van der Waals surface area contributed by atoms with E-state index in [-0.39, 0.29) is 0 Å². The molecule has 1 aromatic rings. The van der Waals surface area contributed by atoms with Gasteiger partial charge in [-0.05, 0) is 6.07 Å². The molecule has 0 radical (unpaired) electrons. The van der Waals surface area contributed by atoms with Crippen LogP contribution in [0, 0.1) is 5.21 Å². The average molecular weight is 149 g/mol. The number of rotatable bonds is 0. The van der Waals surface area contributed by atoms with Gasteiger partial charge in [-0.2, -0.15) is 4.98 Å². The van der Waals surface area contributed by atoms with Crippen molar-refractivity contribution in [1.29, 1.82) is 0 Å². The van der Waals surface area contributed by atoms with Crippen molar-refractivity contribution in [2.75, 3.05) is 0 Å². The molecule has 0 aromatic carbocycles. The molecule has 0 unspecified atom stereocenters. The number of fused-ring (bicyclic) bond motifs is 1. The van der Waals surface area contributed by atoms with Crippen LogP contribution in [0.25, 0.3) is 0 Å².